The lowest BCUT2D eigenvalue weighted by atomic mass is 10.0. The Morgan fingerprint density at radius 2 is 2.17 bits per heavy atom. The van der Waals surface area contributed by atoms with Crippen molar-refractivity contribution in [3.63, 3.8) is 0 Å². The summed E-state index contributed by atoms with van der Waals surface area (Å²) in [5.74, 6) is 0. The molecule has 1 heterocycles. The van der Waals surface area contributed by atoms with Gasteiger partial charge in [0.2, 0.25) is 0 Å². The van der Waals surface area contributed by atoms with Crippen LogP contribution < -0.4 is 0 Å². The van der Waals surface area contributed by atoms with Gasteiger partial charge in [0.25, 0.3) is 0 Å². The molecule has 0 saturated heterocycles. The van der Waals surface area contributed by atoms with Crippen molar-refractivity contribution in [1.29, 1.82) is 0 Å². The Balaban J connectivity index is 2.36. The fourth-order valence-electron chi connectivity index (χ4n) is 1.68. The van der Waals surface area contributed by atoms with E-state index in [0.29, 0.717) is 0 Å². The van der Waals surface area contributed by atoms with Crippen LogP contribution in [-0.2, 0) is 17.8 Å². The molecule has 1 aliphatic rings. The van der Waals surface area contributed by atoms with Gasteiger partial charge in [-0.25, -0.2) is 0 Å². The van der Waals surface area contributed by atoms with Crippen LogP contribution >= 0.6 is 0 Å². The summed E-state index contributed by atoms with van der Waals surface area (Å²) in [7, 11) is 0. The highest BCUT2D eigenvalue weighted by Gasteiger charge is 2.06. The molecule has 0 N–H and O–H groups in total. The van der Waals surface area contributed by atoms with Crippen LogP contribution in [0.3, 0.4) is 0 Å². The Labute approximate surface area is 73.4 Å². The van der Waals surface area contributed by atoms with Crippen LogP contribution in [0.4, 0.5) is 0 Å². The predicted octanol–water partition coefficient (Wildman–Crippen LogP) is 2.46. The van der Waals surface area contributed by atoms with E-state index < -0.39 is 0 Å². The van der Waals surface area contributed by atoms with Crippen LogP contribution in [0, 0.1) is 6.92 Å². The molecule has 0 fully saturated rings. The molecule has 1 aromatic rings. The molecule has 1 heteroatoms. The van der Waals surface area contributed by atoms with E-state index in [0.717, 1.165) is 19.6 Å². The summed E-state index contributed by atoms with van der Waals surface area (Å²) in [6.45, 7) is 3.84. The normalized spacial score (nSPS) is 16.8. The molecule has 0 atom stereocenters. The second-order valence-corrected chi connectivity index (χ2v) is 3.43. The Morgan fingerprint density at radius 3 is 3.08 bits per heavy atom. The van der Waals surface area contributed by atoms with E-state index in [-0.39, 0.29) is 0 Å². The van der Waals surface area contributed by atoms with Crippen molar-refractivity contribution in [2.75, 3.05) is 6.61 Å². The summed E-state index contributed by atoms with van der Waals surface area (Å²) in [5, 5.41) is 0. The number of rotatable bonds is 0. The molecule has 0 bridgehead atoms. The molecule has 0 unspecified atom stereocenters. The minimum absolute atomic E-state index is 0.803. The van der Waals surface area contributed by atoms with E-state index in [1.807, 2.05) is 0 Å². The third-order valence-corrected chi connectivity index (χ3v) is 2.35. The number of hydrogen-bond donors (Lipinski definition) is 0. The van der Waals surface area contributed by atoms with Gasteiger partial charge in [0.05, 0.1) is 6.61 Å². The van der Waals surface area contributed by atoms with Gasteiger partial charge in [0, 0.05) is 6.61 Å². The van der Waals surface area contributed by atoms with Crippen molar-refractivity contribution in [2.45, 2.75) is 26.4 Å². The lowest BCUT2D eigenvalue weighted by Gasteiger charge is -2.04. The van der Waals surface area contributed by atoms with Gasteiger partial charge >= 0.3 is 0 Å². The molecule has 0 aromatic heterocycles. The van der Waals surface area contributed by atoms with E-state index in [1.54, 1.807) is 0 Å². The molecular weight excluding hydrogens is 148 g/mol. The van der Waals surface area contributed by atoms with Gasteiger partial charge < -0.3 is 4.74 Å². The minimum atomic E-state index is 0.803. The SMILES string of the molecule is Cc1ccc2c(c1)COCCC2. The van der Waals surface area contributed by atoms with Gasteiger partial charge in [-0.3, -0.25) is 0 Å². The van der Waals surface area contributed by atoms with E-state index in [2.05, 4.69) is 25.1 Å². The van der Waals surface area contributed by atoms with Crippen LogP contribution in [0.1, 0.15) is 23.1 Å². The molecule has 0 spiro atoms. The third-order valence-electron chi connectivity index (χ3n) is 2.35. The third kappa shape index (κ3) is 1.51. The second kappa shape index (κ2) is 3.28. The number of benzene rings is 1. The van der Waals surface area contributed by atoms with Gasteiger partial charge in [-0.2, -0.15) is 0 Å². The first kappa shape index (κ1) is 7.81. The molecule has 1 nitrogen and oxygen atoms in total. The standard InChI is InChI=1S/C11H14O/c1-9-4-5-10-3-2-6-12-8-11(10)7-9/h4-5,7H,2-3,6,8H2,1H3. The Morgan fingerprint density at radius 1 is 1.25 bits per heavy atom. The average Bonchev–Trinajstić information content (AvgIpc) is 2.28. The quantitative estimate of drug-likeness (QED) is 0.569. The van der Waals surface area contributed by atoms with E-state index >= 15 is 0 Å². The zero-order valence-electron chi connectivity index (χ0n) is 7.47. The lowest BCUT2D eigenvalue weighted by molar-refractivity contribution is 0.125. The van der Waals surface area contributed by atoms with Crippen LogP contribution in [0.5, 0.6) is 0 Å². The first-order valence-corrected chi connectivity index (χ1v) is 4.52. The lowest BCUT2D eigenvalue weighted by Crippen LogP contribution is -1.92. The topological polar surface area (TPSA) is 9.23 Å². The summed E-state index contributed by atoms with van der Waals surface area (Å²) in [5.41, 5.74) is 4.19. The van der Waals surface area contributed by atoms with Crippen LogP contribution in [0.2, 0.25) is 0 Å². The van der Waals surface area contributed by atoms with Crippen molar-refractivity contribution in [3.8, 4) is 0 Å². The van der Waals surface area contributed by atoms with Crippen LogP contribution in [0.25, 0.3) is 0 Å². The fourth-order valence-corrected chi connectivity index (χ4v) is 1.68. The molecule has 2 rings (SSSR count). The number of hydrogen-bond acceptors (Lipinski definition) is 1. The zero-order chi connectivity index (χ0) is 8.39. The summed E-state index contributed by atoms with van der Waals surface area (Å²) in [6.07, 6.45) is 2.34. The van der Waals surface area contributed by atoms with E-state index in [4.69, 9.17) is 4.74 Å². The average molecular weight is 162 g/mol. The molecule has 1 aliphatic heterocycles. The van der Waals surface area contributed by atoms with Crippen molar-refractivity contribution >= 4 is 0 Å². The monoisotopic (exact) mass is 162 g/mol. The Hall–Kier alpha value is -0.820. The summed E-state index contributed by atoms with van der Waals surface area (Å²) < 4.78 is 5.48. The fraction of sp³-hybridized carbons (Fsp3) is 0.455. The maximum absolute atomic E-state index is 5.48. The van der Waals surface area contributed by atoms with Crippen molar-refractivity contribution in [3.05, 3.63) is 34.9 Å². The molecule has 0 amide bonds. The zero-order valence-corrected chi connectivity index (χ0v) is 7.47. The van der Waals surface area contributed by atoms with E-state index in [9.17, 15) is 0 Å². The molecular formula is C11H14O. The summed E-state index contributed by atoms with van der Waals surface area (Å²) in [4.78, 5) is 0. The van der Waals surface area contributed by atoms with Gasteiger partial charge in [0.1, 0.15) is 0 Å². The highest BCUT2D eigenvalue weighted by atomic mass is 16.5. The van der Waals surface area contributed by atoms with Gasteiger partial charge in [-0.1, -0.05) is 23.8 Å². The van der Waals surface area contributed by atoms with Crippen molar-refractivity contribution in [2.24, 2.45) is 0 Å². The smallest absolute Gasteiger partial charge is 0.0719 e. The number of aryl methyl sites for hydroxylation is 2. The highest BCUT2D eigenvalue weighted by Crippen LogP contribution is 2.17. The molecule has 1 aromatic carbocycles. The summed E-state index contributed by atoms with van der Waals surface area (Å²) in [6, 6.07) is 6.66. The van der Waals surface area contributed by atoms with Gasteiger partial charge in [-0.15, -0.1) is 0 Å². The van der Waals surface area contributed by atoms with Crippen molar-refractivity contribution < 1.29 is 4.74 Å². The van der Waals surface area contributed by atoms with Crippen molar-refractivity contribution in [1.82, 2.24) is 0 Å². The molecule has 0 saturated carbocycles. The first-order chi connectivity index (χ1) is 5.86. The largest absolute Gasteiger partial charge is 0.377 e. The first-order valence-electron chi connectivity index (χ1n) is 4.52. The van der Waals surface area contributed by atoms with Crippen LogP contribution in [-0.4, -0.2) is 6.61 Å². The summed E-state index contributed by atoms with van der Waals surface area (Å²) >= 11 is 0. The Bertz CT molecular complexity index is 278. The highest BCUT2D eigenvalue weighted by molar-refractivity contribution is 5.31. The number of ether oxygens (including phenoxy) is 1. The van der Waals surface area contributed by atoms with Crippen LogP contribution in [0.15, 0.2) is 18.2 Å². The minimum Gasteiger partial charge on any atom is -0.377 e. The maximum atomic E-state index is 5.48. The second-order valence-electron chi connectivity index (χ2n) is 3.43. The molecule has 64 valence electrons. The number of fused-ring (bicyclic) bond motifs is 1. The van der Waals surface area contributed by atoms with E-state index in [1.165, 1.54) is 23.1 Å². The predicted molar refractivity (Wildman–Crippen MR) is 49.2 cm³/mol. The van der Waals surface area contributed by atoms with Gasteiger partial charge in [0.15, 0.2) is 0 Å². The molecule has 0 radical (unpaired) electrons. The molecule has 12 heavy (non-hydrogen) atoms. The Kier molecular flexibility index (Phi) is 2.13. The van der Waals surface area contributed by atoms with Gasteiger partial charge in [-0.05, 0) is 30.9 Å². The molecule has 0 aliphatic carbocycles. The maximum Gasteiger partial charge on any atom is 0.0719 e.